The van der Waals surface area contributed by atoms with Gasteiger partial charge in [-0.2, -0.15) is 0 Å². The van der Waals surface area contributed by atoms with Crippen molar-refractivity contribution >= 4 is 28.7 Å². The number of carbonyl (C=O) groups is 1. The highest BCUT2D eigenvalue weighted by atomic mass is 35.5. The van der Waals surface area contributed by atoms with Gasteiger partial charge in [0.05, 0.1) is 16.1 Å². The van der Waals surface area contributed by atoms with E-state index >= 15 is 0 Å². The standard InChI is InChI=1S/C19H15ClFNO4/c20-14-8-16-13(17(9-22-16)26-18(23)24)7-12(14)11-3-2-10(6-15(11)21)19(25)4-1-5-19/h2-3,6-9,22,25H,1,4-5H2,(H,23,24). The van der Waals surface area contributed by atoms with Crippen molar-refractivity contribution in [3.8, 4) is 16.9 Å². The maximum Gasteiger partial charge on any atom is 0.511 e. The summed E-state index contributed by atoms with van der Waals surface area (Å²) in [6, 6.07) is 7.79. The molecule has 5 nitrogen and oxygen atoms in total. The number of nitrogens with one attached hydrogen (secondary N) is 1. The monoisotopic (exact) mass is 375 g/mol. The van der Waals surface area contributed by atoms with Gasteiger partial charge in [-0.05, 0) is 43.0 Å². The van der Waals surface area contributed by atoms with Crippen LogP contribution in [0.25, 0.3) is 22.0 Å². The first-order valence-corrected chi connectivity index (χ1v) is 8.49. The van der Waals surface area contributed by atoms with Crippen molar-refractivity contribution in [3.63, 3.8) is 0 Å². The predicted molar refractivity (Wildman–Crippen MR) is 95.1 cm³/mol. The van der Waals surface area contributed by atoms with Gasteiger partial charge in [-0.25, -0.2) is 9.18 Å². The molecule has 1 heterocycles. The second-order valence-corrected chi connectivity index (χ2v) is 6.89. The number of halogens is 2. The lowest BCUT2D eigenvalue weighted by atomic mass is 9.75. The Morgan fingerprint density at radius 3 is 2.62 bits per heavy atom. The first kappa shape index (κ1) is 16.9. The molecule has 1 aliphatic carbocycles. The fourth-order valence-corrected chi connectivity index (χ4v) is 3.59. The number of hydrogen-bond acceptors (Lipinski definition) is 3. The molecule has 0 aliphatic heterocycles. The molecule has 1 aromatic heterocycles. The topological polar surface area (TPSA) is 82.5 Å². The Labute approximate surface area is 153 Å². The normalized spacial score (nSPS) is 15.7. The lowest BCUT2D eigenvalue weighted by molar-refractivity contribution is -0.0390. The van der Waals surface area contributed by atoms with Gasteiger partial charge in [0.25, 0.3) is 0 Å². The molecule has 7 heteroatoms. The van der Waals surface area contributed by atoms with E-state index in [9.17, 15) is 14.3 Å². The minimum atomic E-state index is -1.44. The Morgan fingerprint density at radius 1 is 1.23 bits per heavy atom. The molecule has 0 unspecified atom stereocenters. The smallest absolute Gasteiger partial charge is 0.449 e. The van der Waals surface area contributed by atoms with Gasteiger partial charge in [-0.1, -0.05) is 23.7 Å². The second-order valence-electron chi connectivity index (χ2n) is 6.48. The summed E-state index contributed by atoms with van der Waals surface area (Å²) in [5, 5.41) is 20.0. The second kappa shape index (κ2) is 6.00. The highest BCUT2D eigenvalue weighted by Crippen LogP contribution is 2.43. The molecule has 0 bridgehead atoms. The quantitative estimate of drug-likeness (QED) is 0.559. The lowest BCUT2D eigenvalue weighted by Crippen LogP contribution is -2.33. The lowest BCUT2D eigenvalue weighted by Gasteiger charge is -2.37. The van der Waals surface area contributed by atoms with Crippen LogP contribution in [0, 0.1) is 5.82 Å². The van der Waals surface area contributed by atoms with Gasteiger partial charge in [0.15, 0.2) is 5.75 Å². The van der Waals surface area contributed by atoms with E-state index in [1.54, 1.807) is 24.3 Å². The molecule has 1 saturated carbocycles. The van der Waals surface area contributed by atoms with Crippen molar-refractivity contribution in [1.82, 2.24) is 4.98 Å². The molecular weight excluding hydrogens is 361 g/mol. The maximum absolute atomic E-state index is 14.7. The van der Waals surface area contributed by atoms with Crippen LogP contribution in [0.2, 0.25) is 5.02 Å². The number of aromatic nitrogens is 1. The van der Waals surface area contributed by atoms with Crippen molar-refractivity contribution in [3.05, 3.63) is 52.9 Å². The Morgan fingerprint density at radius 2 is 2.00 bits per heavy atom. The van der Waals surface area contributed by atoms with Crippen molar-refractivity contribution < 1.29 is 24.1 Å². The van der Waals surface area contributed by atoms with Crippen LogP contribution >= 0.6 is 11.6 Å². The highest BCUT2D eigenvalue weighted by Gasteiger charge is 2.36. The third kappa shape index (κ3) is 2.71. The molecule has 26 heavy (non-hydrogen) atoms. The molecule has 3 aromatic rings. The summed E-state index contributed by atoms with van der Waals surface area (Å²) < 4.78 is 19.5. The minimum absolute atomic E-state index is 0.117. The van der Waals surface area contributed by atoms with Crippen LogP contribution < -0.4 is 4.74 Å². The fraction of sp³-hybridized carbons (Fsp3) is 0.211. The van der Waals surface area contributed by atoms with Crippen LogP contribution in [0.5, 0.6) is 5.75 Å². The molecule has 0 saturated heterocycles. The molecule has 0 spiro atoms. The Bertz CT molecular complexity index is 1030. The van der Waals surface area contributed by atoms with Crippen LogP contribution in [0.15, 0.2) is 36.5 Å². The number of fused-ring (bicyclic) bond motifs is 1. The van der Waals surface area contributed by atoms with E-state index in [4.69, 9.17) is 21.4 Å². The van der Waals surface area contributed by atoms with E-state index in [0.29, 0.717) is 39.9 Å². The molecule has 0 radical (unpaired) electrons. The molecule has 0 atom stereocenters. The molecule has 0 amide bonds. The number of aliphatic hydroxyl groups is 1. The molecule has 1 fully saturated rings. The average molecular weight is 376 g/mol. The third-order valence-electron chi connectivity index (χ3n) is 4.91. The van der Waals surface area contributed by atoms with E-state index in [1.165, 1.54) is 12.3 Å². The van der Waals surface area contributed by atoms with Gasteiger partial charge >= 0.3 is 6.16 Å². The molecule has 134 valence electrons. The number of H-pyrrole nitrogens is 1. The zero-order valence-corrected chi connectivity index (χ0v) is 14.3. The van der Waals surface area contributed by atoms with E-state index in [1.807, 2.05) is 0 Å². The largest absolute Gasteiger partial charge is 0.511 e. The van der Waals surface area contributed by atoms with Gasteiger partial charge in [-0.15, -0.1) is 0 Å². The van der Waals surface area contributed by atoms with Crippen molar-refractivity contribution in [1.29, 1.82) is 0 Å². The van der Waals surface area contributed by atoms with Gasteiger partial charge in [-0.3, -0.25) is 0 Å². The Balaban J connectivity index is 1.80. The van der Waals surface area contributed by atoms with Crippen molar-refractivity contribution in [2.45, 2.75) is 24.9 Å². The maximum atomic E-state index is 14.7. The van der Waals surface area contributed by atoms with E-state index in [0.717, 1.165) is 6.42 Å². The molecule has 4 rings (SSSR count). The fourth-order valence-electron chi connectivity index (χ4n) is 3.33. The third-order valence-corrected chi connectivity index (χ3v) is 5.22. The Hall–Kier alpha value is -2.57. The number of hydrogen-bond donors (Lipinski definition) is 3. The van der Waals surface area contributed by atoms with Gasteiger partial charge < -0.3 is 19.9 Å². The average Bonchev–Trinajstić information content (AvgIpc) is 2.93. The predicted octanol–water partition coefficient (Wildman–Crippen LogP) is 5.06. The molecule has 2 aromatic carbocycles. The summed E-state index contributed by atoms with van der Waals surface area (Å²) in [5.74, 6) is -0.383. The summed E-state index contributed by atoms with van der Waals surface area (Å²) in [7, 11) is 0. The number of benzene rings is 2. The summed E-state index contributed by atoms with van der Waals surface area (Å²) in [4.78, 5) is 13.7. The highest BCUT2D eigenvalue weighted by molar-refractivity contribution is 6.34. The zero-order chi connectivity index (χ0) is 18.5. The van der Waals surface area contributed by atoms with Gasteiger partial charge in [0.2, 0.25) is 0 Å². The Kier molecular flexibility index (Phi) is 3.89. The van der Waals surface area contributed by atoms with E-state index in [2.05, 4.69) is 4.98 Å². The van der Waals surface area contributed by atoms with Crippen molar-refractivity contribution in [2.75, 3.05) is 0 Å². The van der Waals surface area contributed by atoms with E-state index < -0.39 is 17.6 Å². The number of aromatic amines is 1. The van der Waals surface area contributed by atoms with Crippen LogP contribution in [-0.2, 0) is 5.60 Å². The summed E-state index contributed by atoms with van der Waals surface area (Å²) in [6.07, 6.45) is 2.13. The number of rotatable bonds is 3. The van der Waals surface area contributed by atoms with Crippen LogP contribution in [-0.4, -0.2) is 21.4 Å². The van der Waals surface area contributed by atoms with Crippen LogP contribution in [0.3, 0.4) is 0 Å². The van der Waals surface area contributed by atoms with Gasteiger partial charge in [0, 0.05) is 22.7 Å². The summed E-state index contributed by atoms with van der Waals surface area (Å²) in [5.41, 5.74) is 0.871. The number of ether oxygens (including phenoxy) is 1. The van der Waals surface area contributed by atoms with Crippen LogP contribution in [0.4, 0.5) is 9.18 Å². The van der Waals surface area contributed by atoms with Gasteiger partial charge in [0.1, 0.15) is 5.82 Å². The first-order valence-electron chi connectivity index (χ1n) is 8.11. The summed E-state index contributed by atoms with van der Waals surface area (Å²) in [6.45, 7) is 0. The van der Waals surface area contributed by atoms with E-state index in [-0.39, 0.29) is 11.3 Å². The molecular formula is C19H15ClFNO4. The molecule has 1 aliphatic rings. The van der Waals surface area contributed by atoms with Crippen LogP contribution in [0.1, 0.15) is 24.8 Å². The molecule has 3 N–H and O–H groups in total. The number of carboxylic acid groups (broad SMARTS) is 1. The summed E-state index contributed by atoms with van der Waals surface area (Å²) >= 11 is 6.30. The minimum Gasteiger partial charge on any atom is -0.449 e. The SMILES string of the molecule is O=C(O)Oc1c[nH]c2cc(Cl)c(-c3ccc(C4(O)CCC4)cc3F)cc12. The van der Waals surface area contributed by atoms with Crippen molar-refractivity contribution in [2.24, 2.45) is 0 Å². The zero-order valence-electron chi connectivity index (χ0n) is 13.6. The first-order chi connectivity index (χ1) is 12.4.